The Morgan fingerprint density at radius 1 is 1.33 bits per heavy atom. The first-order valence-electron chi connectivity index (χ1n) is 6.90. The summed E-state index contributed by atoms with van der Waals surface area (Å²) in [6.45, 7) is 11.2. The lowest BCUT2D eigenvalue weighted by Crippen LogP contribution is -2.53. The number of nitrogens with zero attached hydrogens (tertiary/aromatic N) is 3. The smallest absolute Gasteiger partial charge is 0.0544 e. The van der Waals surface area contributed by atoms with Crippen molar-refractivity contribution in [2.24, 2.45) is 5.92 Å². The molecular formula is C15H25N3. The van der Waals surface area contributed by atoms with Crippen molar-refractivity contribution in [3.05, 3.63) is 29.6 Å². The molecule has 2 heterocycles. The number of aromatic nitrogens is 1. The third kappa shape index (κ3) is 3.30. The summed E-state index contributed by atoms with van der Waals surface area (Å²) in [6.07, 6.45) is 1.97. The largest absolute Gasteiger partial charge is 0.304 e. The van der Waals surface area contributed by atoms with Gasteiger partial charge in [-0.2, -0.15) is 0 Å². The lowest BCUT2D eigenvalue weighted by atomic mass is 9.99. The van der Waals surface area contributed by atoms with Crippen molar-refractivity contribution in [2.75, 3.05) is 26.7 Å². The number of hydrogen-bond donors (Lipinski definition) is 0. The van der Waals surface area contributed by atoms with Crippen molar-refractivity contribution in [3.8, 4) is 0 Å². The molecule has 1 fully saturated rings. The fourth-order valence-electron chi connectivity index (χ4n) is 2.62. The number of piperazine rings is 1. The second kappa shape index (κ2) is 5.81. The fourth-order valence-corrected chi connectivity index (χ4v) is 2.62. The molecule has 1 aromatic heterocycles. The topological polar surface area (TPSA) is 19.4 Å². The van der Waals surface area contributed by atoms with Gasteiger partial charge in [0.15, 0.2) is 0 Å². The Labute approximate surface area is 111 Å². The van der Waals surface area contributed by atoms with Crippen LogP contribution in [0.5, 0.6) is 0 Å². The van der Waals surface area contributed by atoms with Gasteiger partial charge in [-0.15, -0.1) is 0 Å². The van der Waals surface area contributed by atoms with Gasteiger partial charge in [0.25, 0.3) is 0 Å². The van der Waals surface area contributed by atoms with Crippen LogP contribution in [0.1, 0.15) is 25.1 Å². The van der Waals surface area contributed by atoms with Crippen molar-refractivity contribution >= 4 is 0 Å². The zero-order valence-corrected chi connectivity index (χ0v) is 12.1. The van der Waals surface area contributed by atoms with E-state index in [0.717, 1.165) is 19.6 Å². The van der Waals surface area contributed by atoms with E-state index in [4.69, 9.17) is 0 Å². The van der Waals surface area contributed by atoms with Crippen LogP contribution in [0.4, 0.5) is 0 Å². The van der Waals surface area contributed by atoms with Crippen LogP contribution in [-0.4, -0.2) is 47.5 Å². The van der Waals surface area contributed by atoms with Gasteiger partial charge in [0.05, 0.1) is 5.69 Å². The van der Waals surface area contributed by atoms with Crippen molar-refractivity contribution in [1.82, 2.24) is 14.8 Å². The molecule has 3 heteroatoms. The first-order chi connectivity index (χ1) is 8.56. The summed E-state index contributed by atoms with van der Waals surface area (Å²) in [5.74, 6) is 0.693. The molecule has 100 valence electrons. The quantitative estimate of drug-likeness (QED) is 0.816. The maximum absolute atomic E-state index is 4.53. The maximum atomic E-state index is 4.53. The molecule has 0 unspecified atom stereocenters. The minimum atomic E-state index is 0.645. The molecule has 0 radical (unpaired) electrons. The highest BCUT2D eigenvalue weighted by atomic mass is 15.3. The number of aryl methyl sites for hydroxylation is 1. The van der Waals surface area contributed by atoms with Crippen molar-refractivity contribution in [3.63, 3.8) is 0 Å². The Balaban J connectivity index is 2.04. The molecular weight excluding hydrogens is 222 g/mol. The lowest BCUT2D eigenvalue weighted by Gasteiger charge is -2.42. The van der Waals surface area contributed by atoms with Gasteiger partial charge in [-0.05, 0) is 31.5 Å². The van der Waals surface area contributed by atoms with E-state index in [1.807, 2.05) is 6.20 Å². The molecule has 3 nitrogen and oxygen atoms in total. The normalized spacial score (nSPS) is 22.6. The molecule has 18 heavy (non-hydrogen) atoms. The standard InChI is InChI=1S/C15H25N3/c1-12(2)15-11-17(4)7-8-18(15)10-14-6-5-13(3)9-16-14/h5-6,9,12,15H,7-8,10-11H2,1-4H3/t15-/m1/s1. The predicted molar refractivity (Wildman–Crippen MR) is 75.5 cm³/mol. The minimum absolute atomic E-state index is 0.645. The zero-order chi connectivity index (χ0) is 13.1. The van der Waals surface area contributed by atoms with Crippen molar-refractivity contribution < 1.29 is 0 Å². The van der Waals surface area contributed by atoms with E-state index >= 15 is 0 Å². The summed E-state index contributed by atoms with van der Waals surface area (Å²) in [7, 11) is 2.22. The lowest BCUT2D eigenvalue weighted by molar-refractivity contribution is 0.0561. The molecule has 1 aromatic rings. The van der Waals surface area contributed by atoms with E-state index in [2.05, 4.69) is 54.7 Å². The molecule has 2 rings (SSSR count). The first-order valence-corrected chi connectivity index (χ1v) is 6.90. The van der Waals surface area contributed by atoms with Crippen molar-refractivity contribution in [1.29, 1.82) is 0 Å². The molecule has 0 bridgehead atoms. The SMILES string of the molecule is Cc1ccc(CN2CCN(C)C[C@@H]2C(C)C)nc1. The zero-order valence-electron chi connectivity index (χ0n) is 12.1. The molecule has 0 spiro atoms. The van der Waals surface area contributed by atoms with Crippen LogP contribution in [0.2, 0.25) is 0 Å². The van der Waals surface area contributed by atoms with Gasteiger partial charge in [0.1, 0.15) is 0 Å². The van der Waals surface area contributed by atoms with Gasteiger partial charge in [0.2, 0.25) is 0 Å². The molecule has 0 saturated carbocycles. The molecule has 1 aliphatic heterocycles. The maximum Gasteiger partial charge on any atom is 0.0544 e. The van der Waals surface area contributed by atoms with Gasteiger partial charge in [-0.25, -0.2) is 0 Å². The second-order valence-electron chi connectivity index (χ2n) is 5.87. The Kier molecular flexibility index (Phi) is 4.36. The van der Waals surface area contributed by atoms with Crippen LogP contribution in [0.3, 0.4) is 0 Å². The Morgan fingerprint density at radius 3 is 2.72 bits per heavy atom. The number of pyridine rings is 1. The van der Waals surface area contributed by atoms with Crippen LogP contribution in [0.25, 0.3) is 0 Å². The molecule has 1 saturated heterocycles. The Hall–Kier alpha value is -0.930. The highest BCUT2D eigenvalue weighted by Gasteiger charge is 2.27. The monoisotopic (exact) mass is 247 g/mol. The van der Waals surface area contributed by atoms with E-state index in [1.54, 1.807) is 0 Å². The van der Waals surface area contributed by atoms with E-state index in [-0.39, 0.29) is 0 Å². The van der Waals surface area contributed by atoms with E-state index in [9.17, 15) is 0 Å². The summed E-state index contributed by atoms with van der Waals surface area (Å²) in [4.78, 5) is 9.55. The van der Waals surface area contributed by atoms with Gasteiger partial charge in [-0.1, -0.05) is 19.9 Å². The Bertz CT molecular complexity index is 372. The predicted octanol–water partition coefficient (Wildman–Crippen LogP) is 2.16. The third-order valence-electron chi connectivity index (χ3n) is 3.84. The van der Waals surface area contributed by atoms with Crippen LogP contribution in [-0.2, 0) is 6.54 Å². The highest BCUT2D eigenvalue weighted by Crippen LogP contribution is 2.18. The average Bonchev–Trinajstić information content (AvgIpc) is 2.34. The summed E-state index contributed by atoms with van der Waals surface area (Å²) in [5.41, 5.74) is 2.42. The molecule has 1 atom stereocenters. The minimum Gasteiger partial charge on any atom is -0.304 e. The van der Waals surface area contributed by atoms with Crippen molar-refractivity contribution in [2.45, 2.75) is 33.4 Å². The molecule has 0 aliphatic carbocycles. The fraction of sp³-hybridized carbons (Fsp3) is 0.667. The summed E-state index contributed by atoms with van der Waals surface area (Å²) >= 11 is 0. The van der Waals surface area contributed by atoms with Gasteiger partial charge in [0, 0.05) is 38.4 Å². The van der Waals surface area contributed by atoms with E-state index < -0.39 is 0 Å². The Morgan fingerprint density at radius 2 is 2.11 bits per heavy atom. The van der Waals surface area contributed by atoms with Gasteiger partial charge < -0.3 is 4.90 Å². The van der Waals surface area contributed by atoms with Crippen LogP contribution in [0.15, 0.2) is 18.3 Å². The third-order valence-corrected chi connectivity index (χ3v) is 3.84. The van der Waals surface area contributed by atoms with E-state index in [1.165, 1.54) is 17.8 Å². The molecule has 0 aromatic carbocycles. The van der Waals surface area contributed by atoms with Gasteiger partial charge in [-0.3, -0.25) is 9.88 Å². The summed E-state index contributed by atoms with van der Waals surface area (Å²) < 4.78 is 0. The second-order valence-corrected chi connectivity index (χ2v) is 5.87. The van der Waals surface area contributed by atoms with Crippen LogP contribution in [0, 0.1) is 12.8 Å². The highest BCUT2D eigenvalue weighted by molar-refractivity contribution is 5.12. The van der Waals surface area contributed by atoms with Crippen LogP contribution >= 0.6 is 0 Å². The van der Waals surface area contributed by atoms with Gasteiger partial charge >= 0.3 is 0 Å². The van der Waals surface area contributed by atoms with E-state index in [0.29, 0.717) is 12.0 Å². The average molecular weight is 247 g/mol. The number of rotatable bonds is 3. The summed E-state index contributed by atoms with van der Waals surface area (Å²) in [6, 6.07) is 4.96. The molecule has 1 aliphatic rings. The van der Waals surface area contributed by atoms with Crippen LogP contribution < -0.4 is 0 Å². The summed E-state index contributed by atoms with van der Waals surface area (Å²) in [5, 5.41) is 0. The molecule has 0 N–H and O–H groups in total. The molecule has 0 amide bonds. The number of likely N-dealkylation sites (N-methyl/N-ethyl adjacent to an activating group) is 1. The first kappa shape index (κ1) is 13.5. The number of hydrogen-bond acceptors (Lipinski definition) is 3.